The van der Waals surface area contributed by atoms with Crippen LogP contribution in [0, 0.1) is 11.3 Å². The Morgan fingerprint density at radius 1 is 1.29 bits per heavy atom. The van der Waals surface area contributed by atoms with Gasteiger partial charge in [0.1, 0.15) is 17.7 Å². The number of carbonyl (C=O) groups is 1. The molecule has 2 atom stereocenters. The number of hydrogen-bond donors (Lipinski definition) is 2. The van der Waals surface area contributed by atoms with Crippen LogP contribution in [0.25, 0.3) is 0 Å². The molecule has 1 aromatic carbocycles. The van der Waals surface area contributed by atoms with Crippen LogP contribution in [0.3, 0.4) is 0 Å². The third-order valence-electron chi connectivity index (χ3n) is 4.40. The summed E-state index contributed by atoms with van der Waals surface area (Å²) in [7, 11) is 1.27. The first kappa shape index (κ1) is 16.1. The minimum absolute atomic E-state index is 0.0626. The number of rotatable bonds is 2. The molecule has 1 fully saturated rings. The van der Waals surface area contributed by atoms with Crippen molar-refractivity contribution in [3.8, 4) is 6.07 Å². The van der Waals surface area contributed by atoms with Crippen LogP contribution in [-0.4, -0.2) is 31.0 Å². The van der Waals surface area contributed by atoms with E-state index in [4.69, 9.17) is 9.73 Å². The minimum atomic E-state index is -0.658. The molecule has 3 rings (SSSR count). The second kappa shape index (κ2) is 7.18. The lowest BCUT2D eigenvalue weighted by molar-refractivity contribution is -0.135. The van der Waals surface area contributed by atoms with Crippen molar-refractivity contribution in [2.45, 2.75) is 37.8 Å². The second-order valence-corrected chi connectivity index (χ2v) is 5.92. The number of esters is 1. The van der Waals surface area contributed by atoms with Crippen LogP contribution in [0.5, 0.6) is 0 Å². The number of fused-ring (bicyclic) bond motifs is 1. The molecule has 6 nitrogen and oxygen atoms in total. The Morgan fingerprint density at radius 3 is 2.75 bits per heavy atom. The molecule has 124 valence electrons. The van der Waals surface area contributed by atoms with Gasteiger partial charge in [-0.2, -0.15) is 5.26 Å². The van der Waals surface area contributed by atoms with E-state index >= 15 is 0 Å². The Morgan fingerprint density at radius 2 is 2.04 bits per heavy atom. The van der Waals surface area contributed by atoms with E-state index in [1.54, 1.807) is 0 Å². The molecule has 1 aliphatic heterocycles. The molecule has 0 bridgehead atoms. The molecule has 2 aliphatic rings. The van der Waals surface area contributed by atoms with E-state index < -0.39 is 5.97 Å². The highest BCUT2D eigenvalue weighted by atomic mass is 16.5. The molecule has 1 aromatic rings. The van der Waals surface area contributed by atoms with Crippen molar-refractivity contribution in [3.63, 3.8) is 0 Å². The molecule has 1 heterocycles. The van der Waals surface area contributed by atoms with Crippen LogP contribution in [-0.2, 0) is 9.53 Å². The molecule has 0 radical (unpaired) electrons. The number of nitrogens with one attached hydrogen (secondary N) is 2. The first-order chi connectivity index (χ1) is 11.7. The lowest BCUT2D eigenvalue weighted by Crippen LogP contribution is -2.42. The standard InChI is InChI=1S/C18H20N4O2/c1-24-18(23)13(11-19)17-21-15-10-6-5-9-14(15)20-16(22-17)12-7-3-2-4-8-12/h2-4,7-8,14-15,21H,5-6,9-10H2,1H3,(H,20,22)/b17-13-/t14-,15-/m0/s1. The summed E-state index contributed by atoms with van der Waals surface area (Å²) in [6.45, 7) is 0. The normalized spacial score (nSPS) is 24.9. The van der Waals surface area contributed by atoms with E-state index in [9.17, 15) is 10.1 Å². The van der Waals surface area contributed by atoms with Crippen molar-refractivity contribution in [3.05, 3.63) is 47.3 Å². The van der Waals surface area contributed by atoms with Gasteiger partial charge in [-0.3, -0.25) is 4.99 Å². The number of amidine groups is 1. The van der Waals surface area contributed by atoms with Crippen molar-refractivity contribution in [1.82, 2.24) is 10.6 Å². The third-order valence-corrected chi connectivity index (χ3v) is 4.40. The fraction of sp³-hybridized carbons (Fsp3) is 0.389. The van der Waals surface area contributed by atoms with Crippen LogP contribution in [0.4, 0.5) is 0 Å². The Bertz CT molecular complexity index is 718. The second-order valence-electron chi connectivity index (χ2n) is 5.92. The molecule has 0 amide bonds. The summed E-state index contributed by atoms with van der Waals surface area (Å²) in [5.74, 6) is 0.389. The van der Waals surface area contributed by atoms with Gasteiger partial charge < -0.3 is 15.4 Å². The number of ether oxygens (including phenoxy) is 1. The average molecular weight is 324 g/mol. The van der Waals surface area contributed by atoms with E-state index in [1.807, 2.05) is 36.4 Å². The summed E-state index contributed by atoms with van der Waals surface area (Å²) < 4.78 is 4.74. The Kier molecular flexibility index (Phi) is 4.80. The summed E-state index contributed by atoms with van der Waals surface area (Å²) >= 11 is 0. The third kappa shape index (κ3) is 3.25. The molecular formula is C18H20N4O2. The van der Waals surface area contributed by atoms with Crippen LogP contribution in [0.15, 0.2) is 46.7 Å². The summed E-state index contributed by atoms with van der Waals surface area (Å²) in [6.07, 6.45) is 4.19. The van der Waals surface area contributed by atoms with Crippen LogP contribution < -0.4 is 10.6 Å². The first-order valence-electron chi connectivity index (χ1n) is 8.12. The fourth-order valence-electron chi connectivity index (χ4n) is 3.16. The van der Waals surface area contributed by atoms with Gasteiger partial charge >= 0.3 is 5.97 Å². The molecule has 0 unspecified atom stereocenters. The molecule has 24 heavy (non-hydrogen) atoms. The fourth-order valence-corrected chi connectivity index (χ4v) is 3.16. The SMILES string of the molecule is COC(=O)/C(C#N)=C1\NC(c2ccccc2)=N[C@H]2CCCC[C@@H]2N1. The molecule has 0 aromatic heterocycles. The number of benzene rings is 1. The van der Waals surface area contributed by atoms with Gasteiger partial charge in [0.15, 0.2) is 5.57 Å². The molecule has 1 aliphatic carbocycles. The van der Waals surface area contributed by atoms with Crippen LogP contribution >= 0.6 is 0 Å². The van der Waals surface area contributed by atoms with E-state index in [0.29, 0.717) is 11.7 Å². The highest BCUT2D eigenvalue weighted by Gasteiger charge is 2.31. The Balaban J connectivity index is 2.05. The predicted octanol–water partition coefficient (Wildman–Crippen LogP) is 1.85. The van der Waals surface area contributed by atoms with Crippen LogP contribution in [0.1, 0.15) is 31.2 Å². The molecule has 0 saturated heterocycles. The highest BCUT2D eigenvalue weighted by Crippen LogP contribution is 2.25. The van der Waals surface area contributed by atoms with Gasteiger partial charge in [-0.15, -0.1) is 0 Å². The number of carbonyl (C=O) groups excluding carboxylic acids is 1. The van der Waals surface area contributed by atoms with E-state index in [0.717, 1.165) is 31.2 Å². The monoisotopic (exact) mass is 324 g/mol. The van der Waals surface area contributed by atoms with Crippen molar-refractivity contribution in [2.24, 2.45) is 4.99 Å². The summed E-state index contributed by atoms with van der Waals surface area (Å²) in [5, 5.41) is 15.9. The maximum atomic E-state index is 11.9. The Labute approximate surface area is 141 Å². The zero-order valence-corrected chi connectivity index (χ0v) is 13.6. The van der Waals surface area contributed by atoms with Crippen molar-refractivity contribution >= 4 is 11.8 Å². The van der Waals surface area contributed by atoms with E-state index in [2.05, 4.69) is 10.6 Å². The number of methoxy groups -OCH3 is 1. The van der Waals surface area contributed by atoms with Crippen LogP contribution in [0.2, 0.25) is 0 Å². The number of hydrogen-bond acceptors (Lipinski definition) is 6. The van der Waals surface area contributed by atoms with Gasteiger partial charge in [-0.05, 0) is 12.8 Å². The molecule has 1 saturated carbocycles. The maximum Gasteiger partial charge on any atom is 0.352 e. The van der Waals surface area contributed by atoms with Gasteiger partial charge in [-0.25, -0.2) is 4.79 Å². The topological polar surface area (TPSA) is 86.5 Å². The smallest absolute Gasteiger partial charge is 0.352 e. The largest absolute Gasteiger partial charge is 0.465 e. The Hall–Kier alpha value is -2.81. The van der Waals surface area contributed by atoms with Gasteiger partial charge in [-0.1, -0.05) is 43.2 Å². The van der Waals surface area contributed by atoms with Crippen molar-refractivity contribution in [1.29, 1.82) is 5.26 Å². The number of nitrogens with zero attached hydrogens (tertiary/aromatic N) is 2. The zero-order valence-electron chi connectivity index (χ0n) is 13.6. The lowest BCUT2D eigenvalue weighted by atomic mass is 9.90. The predicted molar refractivity (Wildman–Crippen MR) is 89.9 cm³/mol. The first-order valence-corrected chi connectivity index (χ1v) is 8.12. The quantitative estimate of drug-likeness (QED) is 0.492. The zero-order chi connectivity index (χ0) is 16.9. The number of aliphatic imine (C=N–C) groups is 1. The average Bonchev–Trinajstić information content (AvgIpc) is 2.82. The molecule has 6 heteroatoms. The number of nitriles is 1. The summed E-state index contributed by atoms with van der Waals surface area (Å²) in [5.41, 5.74) is 0.859. The van der Waals surface area contributed by atoms with Gasteiger partial charge in [0, 0.05) is 11.6 Å². The van der Waals surface area contributed by atoms with Crippen molar-refractivity contribution < 1.29 is 9.53 Å². The van der Waals surface area contributed by atoms with E-state index in [-0.39, 0.29) is 17.7 Å². The summed E-state index contributed by atoms with van der Waals surface area (Å²) in [4.78, 5) is 16.8. The molecular weight excluding hydrogens is 304 g/mol. The minimum Gasteiger partial charge on any atom is -0.465 e. The van der Waals surface area contributed by atoms with Crippen molar-refractivity contribution in [2.75, 3.05) is 7.11 Å². The lowest BCUT2D eigenvalue weighted by Gasteiger charge is -2.28. The summed E-state index contributed by atoms with van der Waals surface area (Å²) in [6, 6.07) is 11.9. The van der Waals surface area contributed by atoms with Gasteiger partial charge in [0.05, 0.1) is 13.2 Å². The molecule has 2 N–H and O–H groups in total. The molecule has 0 spiro atoms. The maximum absolute atomic E-state index is 11.9. The van der Waals surface area contributed by atoms with Gasteiger partial charge in [0.25, 0.3) is 0 Å². The van der Waals surface area contributed by atoms with Gasteiger partial charge in [0.2, 0.25) is 0 Å². The van der Waals surface area contributed by atoms with E-state index in [1.165, 1.54) is 7.11 Å². The highest BCUT2D eigenvalue weighted by molar-refractivity contribution is 6.02.